The molecule has 1 amide bonds. The molecule has 1 saturated heterocycles. The predicted molar refractivity (Wildman–Crippen MR) is 70.1 cm³/mol. The molecular formula is C13H20N4O2. The Kier molecular flexibility index (Phi) is 3.99. The van der Waals surface area contributed by atoms with E-state index < -0.39 is 5.60 Å². The van der Waals surface area contributed by atoms with E-state index in [4.69, 9.17) is 0 Å². The third-order valence-corrected chi connectivity index (χ3v) is 3.69. The van der Waals surface area contributed by atoms with Gasteiger partial charge in [0.2, 0.25) is 5.91 Å². The zero-order valence-corrected chi connectivity index (χ0v) is 11.4. The number of aromatic amines is 1. The number of aromatic nitrogens is 3. The lowest BCUT2D eigenvalue weighted by Crippen LogP contribution is -2.34. The van der Waals surface area contributed by atoms with Crippen molar-refractivity contribution in [1.82, 2.24) is 20.3 Å². The second kappa shape index (κ2) is 5.52. The summed E-state index contributed by atoms with van der Waals surface area (Å²) in [6.45, 7) is 4.89. The monoisotopic (exact) mass is 264 g/mol. The van der Waals surface area contributed by atoms with Crippen LogP contribution in [0.4, 0.5) is 0 Å². The van der Waals surface area contributed by atoms with E-state index in [1.165, 1.54) is 6.20 Å². The first kappa shape index (κ1) is 13.7. The number of carbonyl (C=O) groups excluding carboxylic acids is 1. The van der Waals surface area contributed by atoms with Gasteiger partial charge in [0, 0.05) is 19.0 Å². The number of β-amino-alcohol motifs (C(OH)–C–C–N with tert-alkyl or cyclic N) is 1. The van der Waals surface area contributed by atoms with E-state index in [1.807, 2.05) is 13.8 Å². The Morgan fingerprint density at radius 1 is 1.58 bits per heavy atom. The maximum atomic E-state index is 12.1. The Hall–Kier alpha value is -1.69. The number of nitrogens with one attached hydrogen (secondary N) is 1. The van der Waals surface area contributed by atoms with Crippen molar-refractivity contribution in [3.05, 3.63) is 23.5 Å². The minimum atomic E-state index is -1.07. The fourth-order valence-corrected chi connectivity index (χ4v) is 2.34. The highest BCUT2D eigenvalue weighted by Crippen LogP contribution is 2.30. The van der Waals surface area contributed by atoms with Gasteiger partial charge in [0.25, 0.3) is 0 Å². The fraction of sp³-hybridized carbons (Fsp3) is 0.615. The quantitative estimate of drug-likeness (QED) is 0.794. The number of amides is 1. The molecule has 1 aromatic heterocycles. The molecule has 1 aromatic rings. The number of hydrogen-bond donors (Lipinski definition) is 2. The Bertz CT molecular complexity index is 463. The number of H-pyrrole nitrogens is 1. The molecule has 2 N–H and O–H groups in total. The maximum Gasteiger partial charge on any atom is 0.246 e. The summed E-state index contributed by atoms with van der Waals surface area (Å²) >= 11 is 0. The van der Waals surface area contributed by atoms with Crippen LogP contribution in [-0.2, 0) is 10.4 Å². The minimum absolute atomic E-state index is 0.0295. The molecule has 19 heavy (non-hydrogen) atoms. The Balaban J connectivity index is 2.06. The SMILES string of the molecule is CCC(=CC(=O)N1CCC(O)(c2cn[nH]n2)C1)CC. The predicted octanol–water partition coefficient (Wildman–Crippen LogP) is 0.971. The van der Waals surface area contributed by atoms with Crippen LogP contribution < -0.4 is 0 Å². The van der Waals surface area contributed by atoms with E-state index >= 15 is 0 Å². The lowest BCUT2D eigenvalue weighted by molar-refractivity contribution is -0.126. The van der Waals surface area contributed by atoms with Gasteiger partial charge in [0.15, 0.2) is 0 Å². The second-order valence-corrected chi connectivity index (χ2v) is 4.91. The fourth-order valence-electron chi connectivity index (χ4n) is 2.34. The molecule has 1 fully saturated rings. The van der Waals surface area contributed by atoms with Crippen LogP contribution in [0.1, 0.15) is 38.8 Å². The van der Waals surface area contributed by atoms with Gasteiger partial charge in [-0.15, -0.1) is 0 Å². The molecule has 2 rings (SSSR count). The molecule has 0 aromatic carbocycles. The zero-order chi connectivity index (χ0) is 13.9. The summed E-state index contributed by atoms with van der Waals surface area (Å²) in [6.07, 6.45) is 5.45. The lowest BCUT2D eigenvalue weighted by Gasteiger charge is -2.20. The van der Waals surface area contributed by atoms with E-state index in [1.54, 1.807) is 11.0 Å². The summed E-state index contributed by atoms with van der Waals surface area (Å²) in [5.74, 6) is -0.0295. The van der Waals surface area contributed by atoms with Crippen molar-refractivity contribution in [2.45, 2.75) is 38.7 Å². The van der Waals surface area contributed by atoms with Gasteiger partial charge in [0.1, 0.15) is 11.3 Å². The van der Waals surface area contributed by atoms with Crippen molar-refractivity contribution in [3.8, 4) is 0 Å². The van der Waals surface area contributed by atoms with Crippen molar-refractivity contribution in [3.63, 3.8) is 0 Å². The van der Waals surface area contributed by atoms with Crippen molar-refractivity contribution in [2.24, 2.45) is 0 Å². The molecule has 6 nitrogen and oxygen atoms in total. The number of carbonyl (C=O) groups is 1. The number of rotatable bonds is 4. The summed E-state index contributed by atoms with van der Waals surface area (Å²) in [5, 5.41) is 20.6. The highest BCUT2D eigenvalue weighted by Gasteiger charge is 2.41. The number of allylic oxidation sites excluding steroid dienone is 1. The molecule has 0 aliphatic carbocycles. The van der Waals surface area contributed by atoms with Crippen LogP contribution in [0.15, 0.2) is 17.8 Å². The molecular weight excluding hydrogens is 244 g/mol. The van der Waals surface area contributed by atoms with Gasteiger partial charge in [-0.3, -0.25) is 4.79 Å². The van der Waals surface area contributed by atoms with E-state index in [9.17, 15) is 9.90 Å². The molecule has 104 valence electrons. The second-order valence-electron chi connectivity index (χ2n) is 4.91. The standard InChI is InChI=1S/C13H20N4O2/c1-3-10(4-2)7-12(18)17-6-5-13(19,9-17)11-8-14-16-15-11/h7-8,19H,3-6,9H2,1-2H3,(H,14,15,16). The van der Waals surface area contributed by atoms with Crippen LogP contribution in [0.5, 0.6) is 0 Å². The van der Waals surface area contributed by atoms with Crippen molar-refractivity contribution in [1.29, 1.82) is 0 Å². The smallest absolute Gasteiger partial charge is 0.246 e. The van der Waals surface area contributed by atoms with Gasteiger partial charge in [-0.25, -0.2) is 0 Å². The van der Waals surface area contributed by atoms with E-state index in [2.05, 4.69) is 15.4 Å². The van der Waals surface area contributed by atoms with Gasteiger partial charge < -0.3 is 10.0 Å². The number of nitrogens with zero attached hydrogens (tertiary/aromatic N) is 3. The van der Waals surface area contributed by atoms with E-state index in [-0.39, 0.29) is 12.5 Å². The number of hydrogen-bond acceptors (Lipinski definition) is 4. The third-order valence-electron chi connectivity index (χ3n) is 3.69. The van der Waals surface area contributed by atoms with Gasteiger partial charge in [0.05, 0.1) is 12.7 Å². The first-order valence-corrected chi connectivity index (χ1v) is 6.66. The molecule has 6 heteroatoms. The van der Waals surface area contributed by atoms with Gasteiger partial charge in [-0.1, -0.05) is 19.4 Å². The normalized spacial score (nSPS) is 22.6. The topological polar surface area (TPSA) is 82.1 Å². The molecule has 1 aliphatic heterocycles. The first-order valence-electron chi connectivity index (χ1n) is 6.66. The summed E-state index contributed by atoms with van der Waals surface area (Å²) in [5.41, 5.74) is 0.551. The molecule has 0 spiro atoms. The van der Waals surface area contributed by atoms with Crippen LogP contribution in [0, 0.1) is 0 Å². The van der Waals surface area contributed by atoms with Crippen LogP contribution in [0.2, 0.25) is 0 Å². The molecule has 0 radical (unpaired) electrons. The van der Waals surface area contributed by atoms with E-state index in [0.717, 1.165) is 18.4 Å². The largest absolute Gasteiger partial charge is 0.381 e. The van der Waals surface area contributed by atoms with Crippen molar-refractivity contribution in [2.75, 3.05) is 13.1 Å². The van der Waals surface area contributed by atoms with E-state index in [0.29, 0.717) is 18.7 Å². The number of likely N-dealkylation sites (tertiary alicyclic amines) is 1. The van der Waals surface area contributed by atoms with Crippen LogP contribution >= 0.6 is 0 Å². The lowest BCUT2D eigenvalue weighted by atomic mass is 10.00. The number of aliphatic hydroxyl groups is 1. The molecule has 1 aliphatic rings. The molecule has 1 unspecified atom stereocenters. The van der Waals surface area contributed by atoms with Gasteiger partial charge in [-0.05, 0) is 12.8 Å². The summed E-state index contributed by atoms with van der Waals surface area (Å²) < 4.78 is 0. The van der Waals surface area contributed by atoms with Crippen molar-refractivity contribution < 1.29 is 9.90 Å². The van der Waals surface area contributed by atoms with Crippen LogP contribution in [-0.4, -0.2) is 44.4 Å². The molecule has 0 bridgehead atoms. The summed E-state index contributed by atoms with van der Waals surface area (Å²) in [4.78, 5) is 13.8. The Morgan fingerprint density at radius 3 is 2.89 bits per heavy atom. The zero-order valence-electron chi connectivity index (χ0n) is 11.4. The summed E-state index contributed by atoms with van der Waals surface area (Å²) in [7, 11) is 0. The van der Waals surface area contributed by atoms with Crippen LogP contribution in [0.3, 0.4) is 0 Å². The highest BCUT2D eigenvalue weighted by atomic mass is 16.3. The summed E-state index contributed by atoms with van der Waals surface area (Å²) in [6, 6.07) is 0. The Morgan fingerprint density at radius 2 is 2.32 bits per heavy atom. The third kappa shape index (κ3) is 2.84. The highest BCUT2D eigenvalue weighted by molar-refractivity contribution is 5.88. The molecule has 0 saturated carbocycles. The molecule has 1 atom stereocenters. The van der Waals surface area contributed by atoms with Crippen LogP contribution in [0.25, 0.3) is 0 Å². The molecule has 2 heterocycles. The van der Waals surface area contributed by atoms with Crippen molar-refractivity contribution >= 4 is 5.91 Å². The van der Waals surface area contributed by atoms with Gasteiger partial charge >= 0.3 is 0 Å². The first-order chi connectivity index (χ1) is 9.09. The Labute approximate surface area is 112 Å². The maximum absolute atomic E-state index is 12.1. The average Bonchev–Trinajstić information content (AvgIpc) is 3.05. The van der Waals surface area contributed by atoms with Gasteiger partial charge in [-0.2, -0.15) is 15.4 Å². The minimum Gasteiger partial charge on any atom is -0.381 e. The average molecular weight is 264 g/mol.